The first-order chi connectivity index (χ1) is 9.54. The number of nitrogens with zero attached hydrogens (tertiary/aromatic N) is 2. The summed E-state index contributed by atoms with van der Waals surface area (Å²) in [6.45, 7) is 4.72. The van der Waals surface area contributed by atoms with E-state index in [0.29, 0.717) is 31.0 Å². The number of nitrogen functional groups attached to an aromatic ring is 1. The highest BCUT2D eigenvalue weighted by Crippen LogP contribution is 2.11. The third kappa shape index (κ3) is 3.96. The fourth-order valence-corrected chi connectivity index (χ4v) is 2.24. The molecule has 1 aromatic rings. The van der Waals surface area contributed by atoms with E-state index in [1.54, 1.807) is 30.0 Å². The molecule has 0 aliphatic carbocycles. The van der Waals surface area contributed by atoms with Crippen molar-refractivity contribution in [1.29, 1.82) is 0 Å². The van der Waals surface area contributed by atoms with Crippen molar-refractivity contribution in [2.75, 3.05) is 43.8 Å². The molecule has 2 rings (SSSR count). The van der Waals surface area contributed by atoms with Crippen LogP contribution in [-0.4, -0.2) is 54.3 Å². The first-order valence-corrected chi connectivity index (χ1v) is 6.68. The van der Waals surface area contributed by atoms with Gasteiger partial charge in [-0.3, -0.25) is 14.5 Å². The van der Waals surface area contributed by atoms with Crippen molar-refractivity contribution in [3.63, 3.8) is 0 Å². The lowest BCUT2D eigenvalue weighted by Crippen LogP contribution is -2.49. The Balaban J connectivity index is 1.80. The highest BCUT2D eigenvalue weighted by molar-refractivity contribution is 5.92. The van der Waals surface area contributed by atoms with Crippen molar-refractivity contribution in [2.24, 2.45) is 0 Å². The molecular formula is C14H20N4O2. The van der Waals surface area contributed by atoms with E-state index in [-0.39, 0.29) is 11.8 Å². The van der Waals surface area contributed by atoms with Gasteiger partial charge in [-0.15, -0.1) is 0 Å². The first-order valence-electron chi connectivity index (χ1n) is 6.68. The molecule has 2 amide bonds. The Hall–Kier alpha value is -2.08. The molecule has 1 aromatic carbocycles. The molecule has 20 heavy (non-hydrogen) atoms. The quantitative estimate of drug-likeness (QED) is 0.782. The first kappa shape index (κ1) is 14.3. The van der Waals surface area contributed by atoms with Crippen LogP contribution in [0.4, 0.5) is 11.4 Å². The summed E-state index contributed by atoms with van der Waals surface area (Å²) in [4.78, 5) is 27.0. The number of amides is 2. The highest BCUT2D eigenvalue weighted by atomic mass is 16.2. The zero-order chi connectivity index (χ0) is 14.5. The van der Waals surface area contributed by atoms with Crippen LogP contribution >= 0.6 is 0 Å². The summed E-state index contributed by atoms with van der Waals surface area (Å²) in [7, 11) is 0. The summed E-state index contributed by atoms with van der Waals surface area (Å²) in [5.41, 5.74) is 6.99. The standard InChI is InChI=1S/C14H20N4O2/c1-11(19)18-7-5-17(6-8-18)10-14(20)16-13-4-2-3-12(15)9-13/h2-4,9H,5-8,10,15H2,1H3,(H,16,20). The summed E-state index contributed by atoms with van der Waals surface area (Å²) in [6, 6.07) is 7.11. The maximum absolute atomic E-state index is 11.9. The minimum Gasteiger partial charge on any atom is -0.399 e. The third-order valence-corrected chi connectivity index (χ3v) is 3.36. The van der Waals surface area contributed by atoms with Crippen LogP contribution in [0.5, 0.6) is 0 Å². The van der Waals surface area contributed by atoms with Crippen molar-refractivity contribution in [1.82, 2.24) is 9.80 Å². The van der Waals surface area contributed by atoms with Crippen LogP contribution in [0.15, 0.2) is 24.3 Å². The van der Waals surface area contributed by atoms with Crippen LogP contribution in [0.1, 0.15) is 6.92 Å². The summed E-state index contributed by atoms with van der Waals surface area (Å²) in [5, 5.41) is 2.82. The molecule has 1 saturated heterocycles. The van der Waals surface area contributed by atoms with E-state index < -0.39 is 0 Å². The molecule has 1 aliphatic heterocycles. The Morgan fingerprint density at radius 1 is 1.25 bits per heavy atom. The minimum atomic E-state index is -0.0631. The predicted octanol–water partition coefficient (Wildman–Crippen LogP) is 0.371. The van der Waals surface area contributed by atoms with Crippen molar-refractivity contribution in [2.45, 2.75) is 6.92 Å². The van der Waals surface area contributed by atoms with Crippen molar-refractivity contribution >= 4 is 23.2 Å². The van der Waals surface area contributed by atoms with Crippen molar-refractivity contribution in [3.8, 4) is 0 Å². The molecule has 6 heteroatoms. The molecule has 1 fully saturated rings. The molecule has 3 N–H and O–H groups in total. The van der Waals surface area contributed by atoms with Gasteiger partial charge in [-0.1, -0.05) is 6.07 Å². The fourth-order valence-electron chi connectivity index (χ4n) is 2.24. The lowest BCUT2D eigenvalue weighted by molar-refractivity contribution is -0.130. The Labute approximate surface area is 118 Å². The van der Waals surface area contributed by atoms with Crippen molar-refractivity contribution < 1.29 is 9.59 Å². The topological polar surface area (TPSA) is 78.7 Å². The lowest BCUT2D eigenvalue weighted by atomic mass is 10.2. The number of rotatable bonds is 3. The maximum Gasteiger partial charge on any atom is 0.238 e. The average Bonchev–Trinajstić information content (AvgIpc) is 2.39. The number of nitrogens with one attached hydrogen (secondary N) is 1. The van der Waals surface area contributed by atoms with Gasteiger partial charge in [-0.25, -0.2) is 0 Å². The van der Waals surface area contributed by atoms with E-state index in [1.807, 2.05) is 11.0 Å². The van der Waals surface area contributed by atoms with Crippen LogP contribution in [-0.2, 0) is 9.59 Å². The zero-order valence-electron chi connectivity index (χ0n) is 11.6. The van der Waals surface area contributed by atoms with E-state index in [1.165, 1.54) is 0 Å². The summed E-state index contributed by atoms with van der Waals surface area (Å²) in [6.07, 6.45) is 0. The Kier molecular flexibility index (Phi) is 4.57. The minimum absolute atomic E-state index is 0.0631. The third-order valence-electron chi connectivity index (χ3n) is 3.36. The van der Waals surface area contributed by atoms with Crippen molar-refractivity contribution in [3.05, 3.63) is 24.3 Å². The van der Waals surface area contributed by atoms with Crippen LogP contribution in [0.25, 0.3) is 0 Å². The molecule has 0 aromatic heterocycles. The average molecular weight is 276 g/mol. The van der Waals surface area contributed by atoms with Gasteiger partial charge in [0.1, 0.15) is 0 Å². The van der Waals surface area contributed by atoms with Gasteiger partial charge in [0.25, 0.3) is 0 Å². The number of hydrogen-bond acceptors (Lipinski definition) is 4. The van der Waals surface area contributed by atoms with E-state index in [0.717, 1.165) is 13.1 Å². The number of carbonyl (C=O) groups excluding carboxylic acids is 2. The van der Waals surface area contributed by atoms with Gasteiger partial charge in [-0.2, -0.15) is 0 Å². The molecule has 0 radical (unpaired) electrons. The van der Waals surface area contributed by atoms with Gasteiger partial charge in [0.05, 0.1) is 6.54 Å². The van der Waals surface area contributed by atoms with Gasteiger partial charge in [0.15, 0.2) is 0 Å². The molecule has 0 saturated carbocycles. The van der Waals surface area contributed by atoms with Crippen LogP contribution < -0.4 is 11.1 Å². The normalized spacial score (nSPS) is 15.9. The van der Waals surface area contributed by atoms with E-state index in [2.05, 4.69) is 5.32 Å². The van der Waals surface area contributed by atoms with E-state index >= 15 is 0 Å². The molecular weight excluding hydrogens is 256 g/mol. The van der Waals surface area contributed by atoms with Gasteiger partial charge in [0, 0.05) is 44.5 Å². The summed E-state index contributed by atoms with van der Waals surface area (Å²) >= 11 is 0. The smallest absolute Gasteiger partial charge is 0.238 e. The molecule has 6 nitrogen and oxygen atoms in total. The monoisotopic (exact) mass is 276 g/mol. The number of hydrogen-bond donors (Lipinski definition) is 2. The molecule has 1 heterocycles. The van der Waals surface area contributed by atoms with Crippen LogP contribution in [0, 0.1) is 0 Å². The summed E-state index contributed by atoms with van der Waals surface area (Å²) in [5.74, 6) is 0.0285. The molecule has 108 valence electrons. The second kappa shape index (κ2) is 6.38. The van der Waals surface area contributed by atoms with Gasteiger partial charge in [-0.05, 0) is 18.2 Å². The fraction of sp³-hybridized carbons (Fsp3) is 0.429. The number of nitrogens with two attached hydrogens (primary N) is 1. The molecule has 0 unspecified atom stereocenters. The van der Waals surface area contributed by atoms with Crippen LogP contribution in [0.2, 0.25) is 0 Å². The van der Waals surface area contributed by atoms with E-state index in [9.17, 15) is 9.59 Å². The van der Waals surface area contributed by atoms with Crippen LogP contribution in [0.3, 0.4) is 0 Å². The molecule has 0 atom stereocenters. The van der Waals surface area contributed by atoms with Gasteiger partial charge < -0.3 is 16.0 Å². The van der Waals surface area contributed by atoms with Gasteiger partial charge in [0.2, 0.25) is 11.8 Å². The SMILES string of the molecule is CC(=O)N1CCN(CC(=O)Nc2cccc(N)c2)CC1. The number of carbonyl (C=O) groups is 2. The van der Waals surface area contributed by atoms with E-state index in [4.69, 9.17) is 5.73 Å². The molecule has 0 spiro atoms. The Bertz CT molecular complexity index is 496. The number of benzene rings is 1. The molecule has 0 bridgehead atoms. The van der Waals surface area contributed by atoms with Gasteiger partial charge >= 0.3 is 0 Å². The largest absolute Gasteiger partial charge is 0.399 e. The maximum atomic E-state index is 11.9. The number of piperazine rings is 1. The zero-order valence-corrected chi connectivity index (χ0v) is 11.6. The Morgan fingerprint density at radius 2 is 1.95 bits per heavy atom. The number of anilines is 2. The lowest BCUT2D eigenvalue weighted by Gasteiger charge is -2.33. The highest BCUT2D eigenvalue weighted by Gasteiger charge is 2.20. The Morgan fingerprint density at radius 3 is 2.55 bits per heavy atom. The summed E-state index contributed by atoms with van der Waals surface area (Å²) < 4.78 is 0. The predicted molar refractivity (Wildman–Crippen MR) is 78.2 cm³/mol. The molecule has 1 aliphatic rings. The second-order valence-corrected chi connectivity index (χ2v) is 4.96. The second-order valence-electron chi connectivity index (χ2n) is 4.96.